The fourth-order valence-corrected chi connectivity index (χ4v) is 2.48. The minimum Gasteiger partial charge on any atom is -0.478 e. The number of urea groups is 1. The Balaban J connectivity index is 1.78. The molecule has 1 aromatic carbocycles. The highest BCUT2D eigenvalue weighted by molar-refractivity contribution is 5.90. The molecule has 0 aromatic heterocycles. The molecule has 3 rings (SSSR count). The van der Waals surface area contributed by atoms with E-state index in [2.05, 4.69) is 5.32 Å². The Kier molecular flexibility index (Phi) is 2.89. The Labute approximate surface area is 111 Å². The van der Waals surface area contributed by atoms with E-state index in [1.807, 2.05) is 6.07 Å². The Morgan fingerprint density at radius 3 is 2.79 bits per heavy atom. The van der Waals surface area contributed by atoms with Crippen LogP contribution in [0.4, 0.5) is 4.79 Å². The minimum atomic E-state index is -0.896. The Morgan fingerprint density at radius 1 is 1.32 bits per heavy atom. The largest absolute Gasteiger partial charge is 0.478 e. The van der Waals surface area contributed by atoms with E-state index in [0.717, 1.165) is 24.0 Å². The van der Waals surface area contributed by atoms with Gasteiger partial charge in [0.2, 0.25) is 0 Å². The maximum Gasteiger partial charge on any atom is 0.335 e. The molecule has 1 fully saturated rings. The number of hydrogen-bond acceptors (Lipinski definition) is 2. The molecule has 0 bridgehead atoms. The first-order valence-corrected chi connectivity index (χ1v) is 6.54. The van der Waals surface area contributed by atoms with Crippen LogP contribution >= 0.6 is 0 Å². The molecule has 0 atom stereocenters. The summed E-state index contributed by atoms with van der Waals surface area (Å²) in [7, 11) is 0. The van der Waals surface area contributed by atoms with E-state index < -0.39 is 5.97 Å². The lowest BCUT2D eigenvalue weighted by atomic mass is 9.95. The van der Waals surface area contributed by atoms with Crippen molar-refractivity contribution in [2.75, 3.05) is 6.54 Å². The van der Waals surface area contributed by atoms with Crippen molar-refractivity contribution >= 4 is 12.0 Å². The summed E-state index contributed by atoms with van der Waals surface area (Å²) in [6.45, 7) is 1.07. The first kappa shape index (κ1) is 12.0. The SMILES string of the molecule is O=C(O)c1cccc2c1CCN(C(=O)NC1CC1)C2. The summed E-state index contributed by atoms with van der Waals surface area (Å²) in [6.07, 6.45) is 2.74. The normalized spacial score (nSPS) is 17.8. The molecule has 100 valence electrons. The second kappa shape index (κ2) is 4.57. The first-order chi connectivity index (χ1) is 9.15. The standard InChI is InChI=1S/C14H16N2O3/c17-13(18)12-3-1-2-9-8-16(7-6-11(9)12)14(19)15-10-4-5-10/h1-3,10H,4-8H2,(H,15,19)(H,17,18). The van der Waals surface area contributed by atoms with Gasteiger partial charge in [-0.05, 0) is 36.5 Å². The van der Waals surface area contributed by atoms with Crippen molar-refractivity contribution in [2.45, 2.75) is 31.8 Å². The van der Waals surface area contributed by atoms with Crippen molar-refractivity contribution < 1.29 is 14.7 Å². The average Bonchev–Trinajstić information content (AvgIpc) is 3.21. The summed E-state index contributed by atoms with van der Waals surface area (Å²) in [5.41, 5.74) is 2.17. The predicted molar refractivity (Wildman–Crippen MR) is 69.1 cm³/mol. The predicted octanol–water partition coefficient (Wildman–Crippen LogP) is 1.61. The van der Waals surface area contributed by atoms with Gasteiger partial charge in [0.1, 0.15) is 0 Å². The molecule has 0 radical (unpaired) electrons. The van der Waals surface area contributed by atoms with Gasteiger partial charge in [0.15, 0.2) is 0 Å². The number of nitrogens with one attached hydrogen (secondary N) is 1. The highest BCUT2D eigenvalue weighted by Gasteiger charge is 2.28. The summed E-state index contributed by atoms with van der Waals surface area (Å²) < 4.78 is 0. The molecular weight excluding hydrogens is 244 g/mol. The molecule has 1 saturated carbocycles. The van der Waals surface area contributed by atoms with E-state index in [9.17, 15) is 9.59 Å². The van der Waals surface area contributed by atoms with Crippen molar-refractivity contribution in [3.63, 3.8) is 0 Å². The number of aromatic carboxylic acids is 1. The average molecular weight is 260 g/mol. The molecule has 2 N–H and O–H groups in total. The van der Waals surface area contributed by atoms with Crippen LogP contribution in [0.15, 0.2) is 18.2 Å². The van der Waals surface area contributed by atoms with Crippen LogP contribution in [0, 0.1) is 0 Å². The van der Waals surface area contributed by atoms with Crippen LogP contribution in [-0.2, 0) is 13.0 Å². The topological polar surface area (TPSA) is 69.6 Å². The van der Waals surface area contributed by atoms with Crippen molar-refractivity contribution in [3.05, 3.63) is 34.9 Å². The van der Waals surface area contributed by atoms with Gasteiger partial charge in [-0.1, -0.05) is 12.1 Å². The van der Waals surface area contributed by atoms with E-state index in [1.165, 1.54) is 0 Å². The number of hydrogen-bond donors (Lipinski definition) is 2. The summed E-state index contributed by atoms with van der Waals surface area (Å²) in [5.74, 6) is -0.896. The molecule has 5 heteroatoms. The minimum absolute atomic E-state index is 0.0334. The second-order valence-electron chi connectivity index (χ2n) is 5.14. The van der Waals surface area contributed by atoms with Gasteiger partial charge in [0.05, 0.1) is 5.56 Å². The van der Waals surface area contributed by atoms with Crippen LogP contribution in [0.5, 0.6) is 0 Å². The fraction of sp³-hybridized carbons (Fsp3) is 0.429. The molecular formula is C14H16N2O3. The van der Waals surface area contributed by atoms with E-state index in [1.54, 1.807) is 17.0 Å². The number of carbonyl (C=O) groups is 2. The maximum absolute atomic E-state index is 12.0. The number of carboxylic acid groups (broad SMARTS) is 1. The Hall–Kier alpha value is -2.04. The van der Waals surface area contributed by atoms with Gasteiger partial charge in [-0.3, -0.25) is 0 Å². The number of nitrogens with zero attached hydrogens (tertiary/aromatic N) is 1. The first-order valence-electron chi connectivity index (χ1n) is 6.54. The van der Waals surface area contributed by atoms with Crippen LogP contribution in [-0.4, -0.2) is 34.6 Å². The highest BCUT2D eigenvalue weighted by Crippen LogP contribution is 2.24. The van der Waals surface area contributed by atoms with Crippen molar-refractivity contribution in [2.24, 2.45) is 0 Å². The summed E-state index contributed by atoms with van der Waals surface area (Å²) in [4.78, 5) is 24.9. The number of carbonyl (C=O) groups excluding carboxylic acids is 1. The summed E-state index contributed by atoms with van der Waals surface area (Å²) >= 11 is 0. The molecule has 1 aliphatic heterocycles. The van der Waals surface area contributed by atoms with Crippen LogP contribution in [0.3, 0.4) is 0 Å². The number of carboxylic acids is 1. The molecule has 0 unspecified atom stereocenters. The Bertz CT molecular complexity index is 537. The van der Waals surface area contributed by atoms with Crippen LogP contribution in [0.25, 0.3) is 0 Å². The third-order valence-electron chi connectivity index (χ3n) is 3.69. The van der Waals surface area contributed by atoms with Crippen molar-refractivity contribution in [3.8, 4) is 0 Å². The van der Waals surface area contributed by atoms with E-state index >= 15 is 0 Å². The molecule has 1 aromatic rings. The third-order valence-corrected chi connectivity index (χ3v) is 3.69. The number of fused-ring (bicyclic) bond motifs is 1. The van der Waals surface area contributed by atoms with Gasteiger partial charge in [-0.25, -0.2) is 9.59 Å². The van der Waals surface area contributed by atoms with Crippen molar-refractivity contribution in [1.82, 2.24) is 10.2 Å². The third kappa shape index (κ3) is 2.41. The lowest BCUT2D eigenvalue weighted by Crippen LogP contribution is -2.43. The van der Waals surface area contributed by atoms with Gasteiger partial charge in [0.25, 0.3) is 0 Å². The van der Waals surface area contributed by atoms with Gasteiger partial charge >= 0.3 is 12.0 Å². The van der Waals surface area contributed by atoms with Gasteiger partial charge in [-0.15, -0.1) is 0 Å². The summed E-state index contributed by atoms with van der Waals surface area (Å²) in [5, 5.41) is 12.1. The molecule has 1 aliphatic carbocycles. The molecule has 5 nitrogen and oxygen atoms in total. The lowest BCUT2D eigenvalue weighted by molar-refractivity contribution is 0.0695. The van der Waals surface area contributed by atoms with E-state index in [-0.39, 0.29) is 6.03 Å². The van der Waals surface area contributed by atoms with Crippen molar-refractivity contribution in [1.29, 1.82) is 0 Å². The van der Waals surface area contributed by atoms with Crippen LogP contribution in [0.1, 0.15) is 34.3 Å². The van der Waals surface area contributed by atoms with Crippen LogP contribution in [0.2, 0.25) is 0 Å². The molecule has 0 spiro atoms. The number of benzene rings is 1. The molecule has 2 amide bonds. The number of rotatable bonds is 2. The quantitative estimate of drug-likeness (QED) is 0.848. The van der Waals surface area contributed by atoms with Gasteiger partial charge in [0, 0.05) is 19.1 Å². The Morgan fingerprint density at radius 2 is 2.11 bits per heavy atom. The monoisotopic (exact) mass is 260 g/mol. The fourth-order valence-electron chi connectivity index (χ4n) is 2.48. The molecule has 1 heterocycles. The van der Waals surface area contributed by atoms with E-state index in [0.29, 0.717) is 31.1 Å². The highest BCUT2D eigenvalue weighted by atomic mass is 16.4. The van der Waals surface area contributed by atoms with Gasteiger partial charge in [-0.2, -0.15) is 0 Å². The zero-order chi connectivity index (χ0) is 13.4. The molecule has 2 aliphatic rings. The smallest absolute Gasteiger partial charge is 0.335 e. The molecule has 0 saturated heterocycles. The second-order valence-corrected chi connectivity index (χ2v) is 5.14. The molecule has 19 heavy (non-hydrogen) atoms. The van der Waals surface area contributed by atoms with Gasteiger partial charge < -0.3 is 15.3 Å². The van der Waals surface area contributed by atoms with Crippen LogP contribution < -0.4 is 5.32 Å². The zero-order valence-corrected chi connectivity index (χ0v) is 10.6. The van der Waals surface area contributed by atoms with E-state index in [4.69, 9.17) is 5.11 Å². The number of amides is 2. The zero-order valence-electron chi connectivity index (χ0n) is 10.6. The summed E-state index contributed by atoms with van der Waals surface area (Å²) in [6, 6.07) is 5.58. The lowest BCUT2D eigenvalue weighted by Gasteiger charge is -2.29. The maximum atomic E-state index is 12.0.